The van der Waals surface area contributed by atoms with Crippen molar-refractivity contribution in [2.75, 3.05) is 7.11 Å². The van der Waals surface area contributed by atoms with Crippen molar-refractivity contribution < 1.29 is 9.13 Å². The summed E-state index contributed by atoms with van der Waals surface area (Å²) in [4.78, 5) is 12.5. The van der Waals surface area contributed by atoms with Crippen molar-refractivity contribution in [3.8, 4) is 23.0 Å². The molecule has 0 aliphatic rings. The molecule has 0 saturated carbocycles. The summed E-state index contributed by atoms with van der Waals surface area (Å²) in [6.07, 6.45) is 1.91. The zero-order chi connectivity index (χ0) is 18.4. The summed E-state index contributed by atoms with van der Waals surface area (Å²) in [5.74, 6) is 0.924. The van der Waals surface area contributed by atoms with E-state index in [1.807, 2.05) is 35.0 Å². The molecule has 2 aromatic carbocycles. The standard InChI is InChI=1S/C21H15FN4O/c1-27-19-9-8-18-21(25-19)26(16-6-7-17-14(12-16)10-11-23-17)20(24-18)13-2-4-15(22)5-3-13/h2-12,23H,1H3. The lowest BCUT2D eigenvalue weighted by Gasteiger charge is -2.10. The Morgan fingerprint density at radius 1 is 0.963 bits per heavy atom. The van der Waals surface area contributed by atoms with E-state index in [1.54, 1.807) is 25.3 Å². The lowest BCUT2D eigenvalue weighted by Crippen LogP contribution is -1.99. The average Bonchev–Trinajstić information content (AvgIpc) is 3.31. The third-order valence-electron chi connectivity index (χ3n) is 4.59. The average molecular weight is 358 g/mol. The molecule has 6 heteroatoms. The van der Waals surface area contributed by atoms with Gasteiger partial charge in [0.25, 0.3) is 0 Å². The molecule has 0 spiro atoms. The van der Waals surface area contributed by atoms with Crippen molar-refractivity contribution in [1.29, 1.82) is 0 Å². The molecule has 0 atom stereocenters. The number of H-pyrrole nitrogens is 1. The zero-order valence-electron chi connectivity index (χ0n) is 14.5. The Bertz CT molecular complexity index is 1270. The summed E-state index contributed by atoms with van der Waals surface area (Å²) in [5.41, 5.74) is 4.21. The van der Waals surface area contributed by atoms with E-state index in [-0.39, 0.29) is 5.82 Å². The molecule has 0 aliphatic carbocycles. The topological polar surface area (TPSA) is 55.7 Å². The van der Waals surface area contributed by atoms with Gasteiger partial charge in [0.15, 0.2) is 5.65 Å². The third kappa shape index (κ3) is 2.54. The minimum absolute atomic E-state index is 0.282. The minimum atomic E-state index is -0.282. The predicted octanol–water partition coefficient (Wildman–Crippen LogP) is 4.72. The number of nitrogens with one attached hydrogen (secondary N) is 1. The highest BCUT2D eigenvalue weighted by Gasteiger charge is 2.17. The van der Waals surface area contributed by atoms with Crippen molar-refractivity contribution in [2.45, 2.75) is 0 Å². The molecular weight excluding hydrogens is 343 g/mol. The lowest BCUT2D eigenvalue weighted by atomic mass is 10.2. The van der Waals surface area contributed by atoms with Gasteiger partial charge in [-0.2, -0.15) is 4.98 Å². The quantitative estimate of drug-likeness (QED) is 0.508. The van der Waals surface area contributed by atoms with Crippen LogP contribution < -0.4 is 4.74 Å². The van der Waals surface area contributed by atoms with Gasteiger partial charge in [-0.25, -0.2) is 9.37 Å². The first-order valence-electron chi connectivity index (χ1n) is 8.50. The molecule has 0 saturated heterocycles. The third-order valence-corrected chi connectivity index (χ3v) is 4.59. The minimum Gasteiger partial charge on any atom is -0.481 e. The van der Waals surface area contributed by atoms with Crippen LogP contribution in [0.3, 0.4) is 0 Å². The maximum atomic E-state index is 13.4. The van der Waals surface area contributed by atoms with Crippen molar-refractivity contribution in [3.05, 3.63) is 72.7 Å². The molecule has 0 fully saturated rings. The molecule has 132 valence electrons. The molecule has 5 aromatic rings. The maximum Gasteiger partial charge on any atom is 0.215 e. The van der Waals surface area contributed by atoms with Crippen LogP contribution in [0.4, 0.5) is 4.39 Å². The second kappa shape index (κ2) is 5.95. The number of hydrogen-bond acceptors (Lipinski definition) is 3. The van der Waals surface area contributed by atoms with Crippen LogP contribution in [0.15, 0.2) is 66.9 Å². The number of aromatic amines is 1. The first-order valence-corrected chi connectivity index (χ1v) is 8.50. The highest BCUT2D eigenvalue weighted by atomic mass is 19.1. The van der Waals surface area contributed by atoms with Crippen LogP contribution in [-0.4, -0.2) is 26.6 Å². The number of methoxy groups -OCH3 is 1. The Labute approximate surface area is 154 Å². The summed E-state index contributed by atoms with van der Waals surface area (Å²) in [7, 11) is 1.58. The smallest absolute Gasteiger partial charge is 0.215 e. The van der Waals surface area contributed by atoms with E-state index >= 15 is 0 Å². The fourth-order valence-corrected chi connectivity index (χ4v) is 3.27. The van der Waals surface area contributed by atoms with Gasteiger partial charge < -0.3 is 9.72 Å². The predicted molar refractivity (Wildman–Crippen MR) is 103 cm³/mol. The zero-order valence-corrected chi connectivity index (χ0v) is 14.5. The van der Waals surface area contributed by atoms with Crippen LogP contribution in [-0.2, 0) is 0 Å². The van der Waals surface area contributed by atoms with E-state index in [9.17, 15) is 4.39 Å². The number of halogens is 1. The van der Waals surface area contributed by atoms with Crippen LogP contribution in [0.2, 0.25) is 0 Å². The molecule has 3 aromatic heterocycles. The first kappa shape index (κ1) is 15.6. The van der Waals surface area contributed by atoms with E-state index in [0.717, 1.165) is 27.7 Å². The van der Waals surface area contributed by atoms with Gasteiger partial charge >= 0.3 is 0 Å². The second-order valence-corrected chi connectivity index (χ2v) is 6.22. The van der Waals surface area contributed by atoms with E-state index in [1.165, 1.54) is 12.1 Å². The number of hydrogen-bond donors (Lipinski definition) is 1. The van der Waals surface area contributed by atoms with Crippen LogP contribution in [0.25, 0.3) is 39.1 Å². The highest BCUT2D eigenvalue weighted by Crippen LogP contribution is 2.30. The van der Waals surface area contributed by atoms with E-state index in [0.29, 0.717) is 17.4 Å². The van der Waals surface area contributed by atoms with Crippen LogP contribution in [0.5, 0.6) is 5.88 Å². The number of imidazole rings is 1. The second-order valence-electron chi connectivity index (χ2n) is 6.22. The Hall–Kier alpha value is -3.67. The van der Waals surface area contributed by atoms with Crippen LogP contribution in [0, 0.1) is 5.82 Å². The summed E-state index contributed by atoms with van der Waals surface area (Å²) in [6, 6.07) is 18.1. The van der Waals surface area contributed by atoms with Gasteiger partial charge in [-0.3, -0.25) is 4.57 Å². The molecular formula is C21H15FN4O. The van der Waals surface area contributed by atoms with E-state index in [4.69, 9.17) is 9.72 Å². The van der Waals surface area contributed by atoms with E-state index < -0.39 is 0 Å². The Morgan fingerprint density at radius 2 is 1.81 bits per heavy atom. The Balaban J connectivity index is 1.83. The lowest BCUT2D eigenvalue weighted by molar-refractivity contribution is 0.399. The molecule has 0 unspecified atom stereocenters. The fourth-order valence-electron chi connectivity index (χ4n) is 3.27. The molecule has 5 nitrogen and oxygen atoms in total. The van der Waals surface area contributed by atoms with Gasteiger partial charge in [0.05, 0.1) is 7.11 Å². The maximum absolute atomic E-state index is 13.4. The number of ether oxygens (including phenoxy) is 1. The Morgan fingerprint density at radius 3 is 2.63 bits per heavy atom. The van der Waals surface area contributed by atoms with Crippen LogP contribution >= 0.6 is 0 Å². The van der Waals surface area contributed by atoms with Crippen LogP contribution in [0.1, 0.15) is 0 Å². The molecule has 1 N–H and O–H groups in total. The molecule has 0 radical (unpaired) electrons. The Kier molecular flexibility index (Phi) is 3.43. The van der Waals surface area contributed by atoms with Crippen molar-refractivity contribution in [2.24, 2.45) is 0 Å². The first-order chi connectivity index (χ1) is 13.2. The van der Waals surface area contributed by atoms with Crippen molar-refractivity contribution in [3.63, 3.8) is 0 Å². The summed E-state index contributed by atoms with van der Waals surface area (Å²) in [6.45, 7) is 0. The fraction of sp³-hybridized carbons (Fsp3) is 0.0476. The number of pyridine rings is 1. The normalized spacial score (nSPS) is 11.3. The monoisotopic (exact) mass is 358 g/mol. The largest absolute Gasteiger partial charge is 0.481 e. The SMILES string of the molecule is COc1ccc2nc(-c3ccc(F)cc3)n(-c3ccc4[nH]ccc4c3)c2n1. The van der Waals surface area contributed by atoms with Crippen molar-refractivity contribution >= 4 is 22.1 Å². The van der Waals surface area contributed by atoms with Gasteiger partial charge in [0.1, 0.15) is 17.2 Å². The molecule has 5 rings (SSSR count). The van der Waals surface area contributed by atoms with Gasteiger partial charge in [0.2, 0.25) is 5.88 Å². The molecule has 0 aliphatic heterocycles. The summed E-state index contributed by atoms with van der Waals surface area (Å²) < 4.78 is 20.7. The van der Waals surface area contributed by atoms with E-state index in [2.05, 4.69) is 16.0 Å². The number of nitrogens with zero attached hydrogens (tertiary/aromatic N) is 3. The van der Waals surface area contributed by atoms with Gasteiger partial charge in [-0.05, 0) is 54.6 Å². The summed E-state index contributed by atoms with van der Waals surface area (Å²) >= 11 is 0. The van der Waals surface area contributed by atoms with Gasteiger partial charge in [-0.1, -0.05) is 0 Å². The highest BCUT2D eigenvalue weighted by molar-refractivity contribution is 5.85. The molecule has 27 heavy (non-hydrogen) atoms. The molecule has 0 amide bonds. The molecule has 0 bridgehead atoms. The summed E-state index contributed by atoms with van der Waals surface area (Å²) in [5, 5.41) is 1.09. The number of rotatable bonds is 3. The number of fused-ring (bicyclic) bond motifs is 2. The van der Waals surface area contributed by atoms with Gasteiger partial charge in [-0.15, -0.1) is 0 Å². The number of benzene rings is 2. The van der Waals surface area contributed by atoms with Gasteiger partial charge in [0, 0.05) is 34.4 Å². The molecule has 3 heterocycles. The van der Waals surface area contributed by atoms with Crippen molar-refractivity contribution in [1.82, 2.24) is 19.5 Å². The number of aromatic nitrogens is 4.